The Morgan fingerprint density at radius 1 is 1.18 bits per heavy atom. The highest BCUT2D eigenvalue weighted by Crippen LogP contribution is 2.57. The number of guanidine groups is 1. The summed E-state index contributed by atoms with van der Waals surface area (Å²) < 4.78 is 1.46. The lowest BCUT2D eigenvalue weighted by molar-refractivity contribution is -0.0469. The quantitative estimate of drug-likeness (QED) is 0.629. The molecule has 3 N–H and O–H groups in total. The largest absolute Gasteiger partial charge is 0.506 e. The van der Waals surface area contributed by atoms with E-state index in [2.05, 4.69) is 22.2 Å². The van der Waals surface area contributed by atoms with Gasteiger partial charge in [0.1, 0.15) is 11.3 Å². The van der Waals surface area contributed by atoms with Crippen molar-refractivity contribution in [2.45, 2.75) is 44.7 Å². The van der Waals surface area contributed by atoms with Gasteiger partial charge in [-0.2, -0.15) is 0 Å². The molecule has 1 aromatic carbocycles. The maximum atomic E-state index is 13.1. The average molecular weight is 447 g/mol. The van der Waals surface area contributed by atoms with Crippen molar-refractivity contribution in [1.29, 1.82) is 0 Å². The van der Waals surface area contributed by atoms with Gasteiger partial charge in [-0.1, -0.05) is 18.2 Å². The Hall–Kier alpha value is -3.09. The lowest BCUT2D eigenvalue weighted by atomic mass is 9.50. The summed E-state index contributed by atoms with van der Waals surface area (Å²) in [6, 6.07) is 7.25. The molecule has 1 unspecified atom stereocenters. The number of hydrogen-bond acceptors (Lipinski definition) is 5. The lowest BCUT2D eigenvalue weighted by Gasteiger charge is -2.56. The number of aromatic hydroxyl groups is 1. The number of amides is 1. The Morgan fingerprint density at radius 3 is 2.58 bits per heavy atom. The highest BCUT2D eigenvalue weighted by atomic mass is 16.3. The Kier molecular flexibility index (Phi) is 4.82. The fourth-order valence-corrected chi connectivity index (χ4v) is 7.45. The molecule has 1 aliphatic heterocycles. The second-order valence-electron chi connectivity index (χ2n) is 10.3. The van der Waals surface area contributed by atoms with Gasteiger partial charge in [0.15, 0.2) is 5.96 Å². The number of aromatic nitrogens is 1. The lowest BCUT2D eigenvalue weighted by Crippen LogP contribution is -2.54. The van der Waals surface area contributed by atoms with E-state index in [1.54, 1.807) is 30.3 Å². The van der Waals surface area contributed by atoms with Gasteiger partial charge in [-0.15, -0.1) is 6.58 Å². The highest BCUT2D eigenvalue weighted by Gasteiger charge is 2.51. The van der Waals surface area contributed by atoms with Crippen LogP contribution in [0.2, 0.25) is 0 Å². The normalized spacial score (nSPS) is 31.9. The van der Waals surface area contributed by atoms with Gasteiger partial charge in [0.05, 0.1) is 18.1 Å². The Morgan fingerprint density at radius 2 is 1.88 bits per heavy atom. The van der Waals surface area contributed by atoms with Gasteiger partial charge >= 0.3 is 0 Å². The number of rotatable bonds is 4. The van der Waals surface area contributed by atoms with Crippen LogP contribution in [0.25, 0.3) is 10.9 Å². The maximum absolute atomic E-state index is 13.1. The third kappa shape index (κ3) is 3.28. The molecule has 33 heavy (non-hydrogen) atoms. The fraction of sp³-hybridized carbons (Fsp3) is 0.500. The fourth-order valence-electron chi connectivity index (χ4n) is 7.45. The standard InChI is InChI=1S/C26H30N4O3/c1-2-7-30-20-6-4-3-5-18(20)23(31)22(25(30)33)24(32)29-26-27-13-19(28-26)21-16-9-14-8-15(11-16)12-17(21)10-14/h2-6,14-17,19,21,31H,1,7-13H2,(H2,27,28,29,32). The van der Waals surface area contributed by atoms with Gasteiger partial charge in [-0.05, 0) is 73.8 Å². The summed E-state index contributed by atoms with van der Waals surface area (Å²) in [6.07, 6.45) is 8.38. The van der Waals surface area contributed by atoms with Crippen LogP contribution in [0.5, 0.6) is 5.75 Å². The smallest absolute Gasteiger partial charge is 0.268 e. The van der Waals surface area contributed by atoms with Crippen molar-refractivity contribution < 1.29 is 9.90 Å². The molecule has 4 fully saturated rings. The van der Waals surface area contributed by atoms with Gasteiger partial charge < -0.3 is 15.0 Å². The summed E-state index contributed by atoms with van der Waals surface area (Å²) in [7, 11) is 0. The minimum atomic E-state index is -0.641. The van der Waals surface area contributed by atoms with Crippen LogP contribution in [0.1, 0.15) is 42.5 Å². The van der Waals surface area contributed by atoms with Crippen LogP contribution in [0.4, 0.5) is 0 Å². The topological polar surface area (TPSA) is 95.7 Å². The van der Waals surface area contributed by atoms with E-state index in [0.717, 1.165) is 23.7 Å². The first kappa shape index (κ1) is 20.5. The van der Waals surface area contributed by atoms with E-state index in [9.17, 15) is 14.7 Å². The number of nitrogens with zero attached hydrogens (tertiary/aromatic N) is 2. The molecule has 4 aliphatic carbocycles. The molecular formula is C26H30N4O3. The molecule has 0 radical (unpaired) electrons. The molecule has 7 rings (SSSR count). The van der Waals surface area contributed by atoms with E-state index in [0.29, 0.717) is 29.3 Å². The molecule has 7 nitrogen and oxygen atoms in total. The number of para-hydroxylation sites is 1. The summed E-state index contributed by atoms with van der Waals surface area (Å²) in [5.41, 5.74) is -0.243. The van der Waals surface area contributed by atoms with Gasteiger partial charge in [-0.3, -0.25) is 19.9 Å². The number of benzene rings is 1. The van der Waals surface area contributed by atoms with Gasteiger partial charge in [-0.25, -0.2) is 0 Å². The third-order valence-corrected chi connectivity index (χ3v) is 8.45. The molecular weight excluding hydrogens is 416 g/mol. The van der Waals surface area contributed by atoms with Crippen LogP contribution < -0.4 is 16.2 Å². The molecule has 1 atom stereocenters. The molecule has 5 aliphatic rings. The minimum absolute atomic E-state index is 0.234. The first-order valence-electron chi connectivity index (χ1n) is 12.1. The molecule has 172 valence electrons. The van der Waals surface area contributed by atoms with E-state index in [-0.39, 0.29) is 23.9 Å². The molecule has 2 aromatic rings. The Labute approximate surface area is 192 Å². The Balaban J connectivity index is 1.23. The molecule has 0 saturated heterocycles. The second kappa shape index (κ2) is 7.75. The molecule has 1 amide bonds. The maximum Gasteiger partial charge on any atom is 0.268 e. The van der Waals surface area contributed by atoms with Crippen molar-refractivity contribution in [3.05, 3.63) is 52.8 Å². The molecule has 4 bridgehead atoms. The van der Waals surface area contributed by atoms with Crippen molar-refractivity contribution in [2.75, 3.05) is 6.54 Å². The van der Waals surface area contributed by atoms with Crippen molar-refractivity contribution in [2.24, 2.45) is 34.6 Å². The number of allylic oxidation sites excluding steroid dienone is 1. The number of carbonyl (C=O) groups excluding carboxylic acids is 1. The van der Waals surface area contributed by atoms with E-state index in [1.807, 2.05) is 0 Å². The predicted molar refractivity (Wildman–Crippen MR) is 127 cm³/mol. The first-order valence-corrected chi connectivity index (χ1v) is 12.1. The summed E-state index contributed by atoms with van der Waals surface area (Å²) in [5.74, 6) is 3.43. The number of hydrogen-bond donors (Lipinski definition) is 3. The van der Waals surface area contributed by atoms with Crippen LogP contribution in [0.15, 0.2) is 46.7 Å². The van der Waals surface area contributed by atoms with Crippen LogP contribution in [0, 0.1) is 29.6 Å². The minimum Gasteiger partial charge on any atom is -0.506 e. The monoisotopic (exact) mass is 446 g/mol. The van der Waals surface area contributed by atoms with Crippen molar-refractivity contribution in [3.63, 3.8) is 0 Å². The van der Waals surface area contributed by atoms with Crippen LogP contribution in [-0.2, 0) is 6.54 Å². The van der Waals surface area contributed by atoms with E-state index in [1.165, 1.54) is 36.7 Å². The van der Waals surface area contributed by atoms with Gasteiger partial charge in [0, 0.05) is 11.9 Å². The number of nitrogens with one attached hydrogen (secondary N) is 2. The first-order chi connectivity index (χ1) is 16.0. The van der Waals surface area contributed by atoms with Crippen molar-refractivity contribution in [3.8, 4) is 5.75 Å². The Bertz CT molecular complexity index is 1200. The zero-order valence-corrected chi connectivity index (χ0v) is 18.7. The second-order valence-corrected chi connectivity index (χ2v) is 10.3. The average Bonchev–Trinajstić information content (AvgIpc) is 3.24. The third-order valence-electron chi connectivity index (χ3n) is 8.45. The van der Waals surface area contributed by atoms with E-state index >= 15 is 0 Å². The van der Waals surface area contributed by atoms with Crippen LogP contribution in [-0.4, -0.2) is 34.1 Å². The predicted octanol–water partition coefficient (Wildman–Crippen LogP) is 3.02. The van der Waals surface area contributed by atoms with Crippen molar-refractivity contribution >= 4 is 22.8 Å². The molecule has 2 heterocycles. The summed E-state index contributed by atoms with van der Waals surface area (Å²) >= 11 is 0. The van der Waals surface area contributed by atoms with E-state index < -0.39 is 11.5 Å². The molecule has 0 spiro atoms. The SMILES string of the molecule is C=CCn1c(=O)c(C(=O)NC2=NCC(C3C4CC5CC(C4)CC3C5)N2)c(O)c2ccccc21. The molecule has 4 saturated carbocycles. The number of carbonyl (C=O) groups is 1. The summed E-state index contributed by atoms with van der Waals surface area (Å²) in [5, 5.41) is 17.5. The van der Waals surface area contributed by atoms with Crippen LogP contribution >= 0.6 is 0 Å². The molecule has 7 heteroatoms. The van der Waals surface area contributed by atoms with Gasteiger partial charge in [0.25, 0.3) is 11.5 Å². The highest BCUT2D eigenvalue weighted by molar-refractivity contribution is 6.09. The summed E-state index contributed by atoms with van der Waals surface area (Å²) in [4.78, 5) is 30.8. The zero-order chi connectivity index (χ0) is 22.7. The molecule has 1 aromatic heterocycles. The van der Waals surface area contributed by atoms with Crippen molar-refractivity contribution in [1.82, 2.24) is 15.2 Å². The number of pyridine rings is 1. The summed E-state index contributed by atoms with van der Waals surface area (Å²) in [6.45, 7) is 4.61. The van der Waals surface area contributed by atoms with Gasteiger partial charge in [0.2, 0.25) is 0 Å². The van der Waals surface area contributed by atoms with E-state index in [4.69, 9.17) is 0 Å². The van der Waals surface area contributed by atoms with Crippen LogP contribution in [0.3, 0.4) is 0 Å². The number of aliphatic imine (C=N–C) groups is 1. The number of fused-ring (bicyclic) bond motifs is 1. The zero-order valence-electron chi connectivity index (χ0n) is 18.7.